The van der Waals surface area contributed by atoms with Gasteiger partial charge in [0.05, 0.1) is 5.69 Å². The standard InChI is InChI=1S/C24H27N3O2S/c1-27(20-8-4-2-5-9-20)24-26-22(17-30-24)18-12-14-19(15-13-18)25-23(28)16-29-21-10-6-3-7-11-21/h3,6-7,10-15,17,20H,2,4-5,8-9,16H2,1H3,(H,25,28). The third-order valence-corrected chi connectivity index (χ3v) is 6.42. The van der Waals surface area contributed by atoms with Crippen LogP contribution in [0.1, 0.15) is 32.1 Å². The lowest BCUT2D eigenvalue weighted by Gasteiger charge is -2.30. The van der Waals surface area contributed by atoms with Crippen LogP contribution >= 0.6 is 11.3 Å². The fraction of sp³-hybridized carbons (Fsp3) is 0.333. The first-order chi connectivity index (χ1) is 14.7. The van der Waals surface area contributed by atoms with Gasteiger partial charge >= 0.3 is 0 Å². The zero-order valence-electron chi connectivity index (χ0n) is 17.2. The van der Waals surface area contributed by atoms with E-state index in [0.717, 1.165) is 22.1 Å². The minimum atomic E-state index is -0.184. The molecular formula is C24H27N3O2S. The number of anilines is 2. The average molecular weight is 422 g/mol. The summed E-state index contributed by atoms with van der Waals surface area (Å²) in [6.07, 6.45) is 6.50. The summed E-state index contributed by atoms with van der Waals surface area (Å²) in [7, 11) is 2.16. The summed E-state index contributed by atoms with van der Waals surface area (Å²) in [5, 5.41) is 6.05. The minimum absolute atomic E-state index is 0.0191. The van der Waals surface area contributed by atoms with E-state index in [-0.39, 0.29) is 12.5 Å². The molecule has 2 aromatic carbocycles. The number of amides is 1. The predicted molar refractivity (Wildman–Crippen MR) is 123 cm³/mol. The van der Waals surface area contributed by atoms with Crippen molar-refractivity contribution >= 4 is 28.1 Å². The summed E-state index contributed by atoms with van der Waals surface area (Å²) in [5.74, 6) is 0.497. The highest BCUT2D eigenvalue weighted by Gasteiger charge is 2.20. The number of aromatic nitrogens is 1. The van der Waals surface area contributed by atoms with Gasteiger partial charge in [-0.05, 0) is 37.1 Å². The van der Waals surface area contributed by atoms with E-state index in [1.165, 1.54) is 32.1 Å². The third kappa shape index (κ3) is 5.19. The van der Waals surface area contributed by atoms with Crippen molar-refractivity contribution in [2.75, 3.05) is 23.9 Å². The molecule has 1 aromatic heterocycles. The quantitative estimate of drug-likeness (QED) is 0.540. The second-order valence-corrected chi connectivity index (χ2v) is 8.48. The first-order valence-corrected chi connectivity index (χ1v) is 11.3. The van der Waals surface area contributed by atoms with E-state index in [1.54, 1.807) is 11.3 Å². The molecule has 30 heavy (non-hydrogen) atoms. The van der Waals surface area contributed by atoms with Gasteiger partial charge in [0.1, 0.15) is 5.75 Å². The molecule has 1 fully saturated rings. The van der Waals surface area contributed by atoms with Gasteiger partial charge in [0.2, 0.25) is 0 Å². The van der Waals surface area contributed by atoms with Crippen LogP contribution in [-0.4, -0.2) is 30.6 Å². The Labute approximate surface area is 181 Å². The van der Waals surface area contributed by atoms with Gasteiger partial charge < -0.3 is 15.0 Å². The van der Waals surface area contributed by atoms with E-state index in [9.17, 15) is 4.79 Å². The molecule has 0 saturated heterocycles. The monoisotopic (exact) mass is 421 g/mol. The van der Waals surface area contributed by atoms with Crippen molar-refractivity contribution in [1.29, 1.82) is 0 Å². The second kappa shape index (κ2) is 9.76. The molecule has 1 aliphatic rings. The first-order valence-electron chi connectivity index (χ1n) is 10.5. The molecule has 156 valence electrons. The SMILES string of the molecule is CN(c1nc(-c2ccc(NC(=O)COc3ccccc3)cc2)cs1)C1CCCCC1. The molecule has 1 heterocycles. The van der Waals surface area contributed by atoms with Gasteiger partial charge in [-0.2, -0.15) is 0 Å². The lowest BCUT2D eigenvalue weighted by atomic mass is 9.95. The zero-order valence-corrected chi connectivity index (χ0v) is 18.0. The summed E-state index contributed by atoms with van der Waals surface area (Å²) in [6, 6.07) is 17.7. The molecule has 1 N–H and O–H groups in total. The van der Waals surface area contributed by atoms with Crippen LogP contribution in [0, 0.1) is 0 Å². The van der Waals surface area contributed by atoms with Gasteiger partial charge in [-0.3, -0.25) is 4.79 Å². The maximum atomic E-state index is 12.1. The Morgan fingerprint density at radius 1 is 1.10 bits per heavy atom. The number of ether oxygens (including phenoxy) is 1. The van der Waals surface area contributed by atoms with E-state index in [0.29, 0.717) is 11.8 Å². The summed E-state index contributed by atoms with van der Waals surface area (Å²) in [4.78, 5) is 19.3. The smallest absolute Gasteiger partial charge is 0.262 e. The van der Waals surface area contributed by atoms with Gasteiger partial charge in [0.25, 0.3) is 5.91 Å². The molecule has 0 bridgehead atoms. The van der Waals surface area contributed by atoms with Crippen LogP contribution in [0.25, 0.3) is 11.3 Å². The number of rotatable bonds is 7. The van der Waals surface area contributed by atoms with E-state index in [1.807, 2.05) is 54.6 Å². The van der Waals surface area contributed by atoms with Gasteiger partial charge in [0.15, 0.2) is 11.7 Å². The lowest BCUT2D eigenvalue weighted by molar-refractivity contribution is -0.118. The molecule has 0 atom stereocenters. The van der Waals surface area contributed by atoms with Crippen LogP contribution in [0.3, 0.4) is 0 Å². The average Bonchev–Trinajstić information content (AvgIpc) is 3.29. The number of hydrogen-bond donors (Lipinski definition) is 1. The number of carbonyl (C=O) groups is 1. The maximum absolute atomic E-state index is 12.1. The lowest BCUT2D eigenvalue weighted by Crippen LogP contribution is -2.33. The van der Waals surface area contributed by atoms with Gasteiger partial charge in [-0.15, -0.1) is 11.3 Å². The number of para-hydroxylation sites is 1. The summed E-state index contributed by atoms with van der Waals surface area (Å²) < 4.78 is 5.48. The molecule has 1 amide bonds. The third-order valence-electron chi connectivity index (χ3n) is 5.49. The molecule has 3 aromatic rings. The van der Waals surface area contributed by atoms with Crippen LogP contribution in [0.2, 0.25) is 0 Å². The van der Waals surface area contributed by atoms with Crippen LogP contribution in [0.15, 0.2) is 60.0 Å². The van der Waals surface area contributed by atoms with Crippen molar-refractivity contribution in [2.24, 2.45) is 0 Å². The number of nitrogens with one attached hydrogen (secondary N) is 1. The van der Waals surface area contributed by atoms with E-state index in [2.05, 4.69) is 22.6 Å². The van der Waals surface area contributed by atoms with E-state index in [4.69, 9.17) is 9.72 Å². The molecular weight excluding hydrogens is 394 g/mol. The van der Waals surface area contributed by atoms with E-state index < -0.39 is 0 Å². The van der Waals surface area contributed by atoms with Gasteiger partial charge in [0, 0.05) is 29.7 Å². The highest BCUT2D eigenvalue weighted by Crippen LogP contribution is 2.31. The highest BCUT2D eigenvalue weighted by molar-refractivity contribution is 7.14. The normalized spacial score (nSPS) is 14.3. The number of carbonyl (C=O) groups excluding carboxylic acids is 1. The number of hydrogen-bond acceptors (Lipinski definition) is 5. The fourth-order valence-corrected chi connectivity index (χ4v) is 4.64. The Morgan fingerprint density at radius 2 is 1.83 bits per heavy atom. The van der Waals surface area contributed by atoms with Crippen LogP contribution in [0.4, 0.5) is 10.8 Å². The van der Waals surface area contributed by atoms with Crippen molar-refractivity contribution < 1.29 is 9.53 Å². The minimum Gasteiger partial charge on any atom is -0.484 e. The summed E-state index contributed by atoms with van der Waals surface area (Å²) in [5.41, 5.74) is 2.77. The first kappa shape index (κ1) is 20.4. The van der Waals surface area contributed by atoms with Crippen LogP contribution < -0.4 is 15.0 Å². The van der Waals surface area contributed by atoms with Crippen molar-refractivity contribution in [3.05, 3.63) is 60.0 Å². The Kier molecular flexibility index (Phi) is 6.64. The molecule has 4 rings (SSSR count). The molecule has 0 aliphatic heterocycles. The largest absolute Gasteiger partial charge is 0.484 e. The molecule has 5 nitrogen and oxygen atoms in total. The molecule has 0 radical (unpaired) electrons. The Bertz CT molecular complexity index is 950. The zero-order chi connectivity index (χ0) is 20.8. The van der Waals surface area contributed by atoms with Crippen molar-refractivity contribution in [3.8, 4) is 17.0 Å². The van der Waals surface area contributed by atoms with E-state index >= 15 is 0 Å². The second-order valence-electron chi connectivity index (χ2n) is 7.65. The number of nitrogens with zero attached hydrogens (tertiary/aromatic N) is 2. The van der Waals surface area contributed by atoms with Gasteiger partial charge in [-0.25, -0.2) is 4.98 Å². The molecule has 1 aliphatic carbocycles. The summed E-state index contributed by atoms with van der Waals surface area (Å²) >= 11 is 1.69. The molecule has 6 heteroatoms. The fourth-order valence-electron chi connectivity index (χ4n) is 3.77. The topological polar surface area (TPSA) is 54.5 Å². The Hall–Kier alpha value is -2.86. The number of benzene rings is 2. The highest BCUT2D eigenvalue weighted by atomic mass is 32.1. The van der Waals surface area contributed by atoms with Crippen molar-refractivity contribution in [1.82, 2.24) is 4.98 Å². The predicted octanol–water partition coefficient (Wildman–Crippen LogP) is 5.60. The van der Waals surface area contributed by atoms with Crippen molar-refractivity contribution in [2.45, 2.75) is 38.1 Å². The van der Waals surface area contributed by atoms with Crippen LogP contribution in [0.5, 0.6) is 5.75 Å². The summed E-state index contributed by atoms with van der Waals surface area (Å²) in [6.45, 7) is -0.0191. The molecule has 1 saturated carbocycles. The Morgan fingerprint density at radius 3 is 2.57 bits per heavy atom. The van der Waals surface area contributed by atoms with Crippen molar-refractivity contribution in [3.63, 3.8) is 0 Å². The molecule has 0 spiro atoms. The Balaban J connectivity index is 1.33. The van der Waals surface area contributed by atoms with Gasteiger partial charge in [-0.1, -0.05) is 49.6 Å². The number of thiazole rings is 1. The van der Waals surface area contributed by atoms with Crippen LogP contribution in [-0.2, 0) is 4.79 Å². The molecule has 0 unspecified atom stereocenters. The maximum Gasteiger partial charge on any atom is 0.262 e.